The van der Waals surface area contributed by atoms with E-state index in [1.54, 1.807) is 17.9 Å². The zero-order valence-corrected chi connectivity index (χ0v) is 21.1. The number of alkyl halides is 3. The molecule has 0 saturated carbocycles. The predicted molar refractivity (Wildman–Crippen MR) is 133 cm³/mol. The topological polar surface area (TPSA) is 104 Å². The Morgan fingerprint density at radius 2 is 2.08 bits per heavy atom. The third kappa shape index (κ3) is 4.89. The number of hydrogen-bond donors (Lipinski definition) is 2. The number of benzene rings is 1. The number of likely N-dealkylation sites (tertiary alicyclic amines) is 1. The summed E-state index contributed by atoms with van der Waals surface area (Å²) in [6.07, 6.45) is -0.586. The molecule has 3 aliphatic rings. The number of halogens is 3. The van der Waals surface area contributed by atoms with Crippen molar-refractivity contribution in [3.8, 4) is 5.75 Å². The van der Waals surface area contributed by atoms with Crippen molar-refractivity contribution in [2.75, 3.05) is 18.0 Å². The first kappa shape index (κ1) is 25.9. The lowest BCUT2D eigenvalue weighted by atomic mass is 9.98. The Bertz CT molecular complexity index is 1320. The van der Waals surface area contributed by atoms with Crippen LogP contribution in [0.1, 0.15) is 30.0 Å². The Kier molecular flexibility index (Phi) is 6.72. The van der Waals surface area contributed by atoms with Gasteiger partial charge in [-0.1, -0.05) is 18.3 Å². The van der Waals surface area contributed by atoms with E-state index in [-0.39, 0.29) is 17.9 Å². The van der Waals surface area contributed by atoms with Crippen LogP contribution in [0.15, 0.2) is 48.1 Å². The highest BCUT2D eigenvalue weighted by atomic mass is 32.2. The summed E-state index contributed by atoms with van der Waals surface area (Å²) in [5.74, 6) is -0.855. The number of carbonyl (C=O) groups excluding carboxylic acids is 3. The molecule has 13 heteroatoms. The maximum Gasteiger partial charge on any atom is 0.573 e. The molecule has 2 N–H and O–H groups in total. The number of amides is 4. The smallest absolute Gasteiger partial charge is 0.406 e. The van der Waals surface area contributed by atoms with Crippen molar-refractivity contribution in [1.82, 2.24) is 20.5 Å². The average molecular weight is 548 g/mol. The van der Waals surface area contributed by atoms with Gasteiger partial charge >= 0.3 is 12.4 Å². The third-order valence-electron chi connectivity index (χ3n) is 6.66. The standard InChI is InChI=1S/C25H24F3N5O4S/c1-3-18(34)32-10-4-5-14(12-32)30-22(35)21-20-19-17(8-9-29-23(19)38-21)33(24(36)31-20)16-7-6-15(11-13(16)2)37-25(26,27)28/h3,6-9,11,14,20-21H,1,4-5,10,12H2,2H3,(H,30,35)(H,31,36)/t14?,20?,21-/m1/s1. The number of urea groups is 1. The van der Waals surface area contributed by atoms with E-state index in [4.69, 9.17) is 0 Å². The molecule has 0 spiro atoms. The number of ether oxygens (including phenoxy) is 1. The number of pyridine rings is 1. The van der Waals surface area contributed by atoms with E-state index in [9.17, 15) is 27.6 Å². The third-order valence-corrected chi connectivity index (χ3v) is 7.95. The first-order valence-corrected chi connectivity index (χ1v) is 12.8. The summed E-state index contributed by atoms with van der Waals surface area (Å²) < 4.78 is 41.9. The van der Waals surface area contributed by atoms with E-state index in [0.29, 0.717) is 40.6 Å². The highest BCUT2D eigenvalue weighted by Gasteiger charge is 2.47. The molecule has 1 fully saturated rings. The van der Waals surface area contributed by atoms with Crippen molar-refractivity contribution < 1.29 is 32.3 Å². The molecule has 0 bridgehead atoms. The number of anilines is 2. The molecule has 1 saturated heterocycles. The average Bonchev–Trinajstić information content (AvgIpc) is 3.23. The van der Waals surface area contributed by atoms with Gasteiger partial charge in [0, 0.05) is 30.9 Å². The second kappa shape index (κ2) is 9.86. The molecule has 5 rings (SSSR count). The van der Waals surface area contributed by atoms with Gasteiger partial charge < -0.3 is 20.3 Å². The number of hydrogen-bond acceptors (Lipinski definition) is 6. The fourth-order valence-corrected chi connectivity index (χ4v) is 6.28. The molecule has 2 aromatic rings. The van der Waals surface area contributed by atoms with Crippen LogP contribution in [0.2, 0.25) is 0 Å². The summed E-state index contributed by atoms with van der Waals surface area (Å²) in [5.41, 5.74) is 1.93. The van der Waals surface area contributed by atoms with Crippen molar-refractivity contribution >= 4 is 41.0 Å². The lowest BCUT2D eigenvalue weighted by molar-refractivity contribution is -0.274. The lowest BCUT2D eigenvalue weighted by Crippen LogP contribution is -2.53. The second-order valence-electron chi connectivity index (χ2n) is 9.18. The molecule has 4 amide bonds. The minimum absolute atomic E-state index is 0.187. The van der Waals surface area contributed by atoms with Gasteiger partial charge in [0.2, 0.25) is 11.8 Å². The van der Waals surface area contributed by atoms with E-state index in [0.717, 1.165) is 18.9 Å². The first-order chi connectivity index (χ1) is 18.1. The maximum absolute atomic E-state index is 13.3. The van der Waals surface area contributed by atoms with Gasteiger partial charge in [0.1, 0.15) is 16.0 Å². The summed E-state index contributed by atoms with van der Waals surface area (Å²) >= 11 is 1.24. The highest BCUT2D eigenvalue weighted by molar-refractivity contribution is 8.01. The number of rotatable bonds is 5. The second-order valence-corrected chi connectivity index (χ2v) is 10.3. The van der Waals surface area contributed by atoms with Crippen molar-refractivity contribution in [1.29, 1.82) is 0 Å². The molecule has 1 aromatic carbocycles. The first-order valence-electron chi connectivity index (χ1n) is 11.9. The molecule has 0 radical (unpaired) electrons. The van der Waals surface area contributed by atoms with E-state index in [1.807, 2.05) is 0 Å². The quantitative estimate of drug-likeness (QED) is 0.550. The summed E-state index contributed by atoms with van der Waals surface area (Å²) in [5, 5.41) is 5.80. The van der Waals surface area contributed by atoms with Gasteiger partial charge in [-0.15, -0.1) is 13.2 Å². The van der Waals surface area contributed by atoms with Crippen molar-refractivity contribution in [3.63, 3.8) is 0 Å². The molecule has 2 unspecified atom stereocenters. The monoisotopic (exact) mass is 547 g/mol. The van der Waals surface area contributed by atoms with Crippen LogP contribution in [0, 0.1) is 6.92 Å². The summed E-state index contributed by atoms with van der Waals surface area (Å²) in [6.45, 7) is 6.08. The maximum atomic E-state index is 13.3. The number of aromatic nitrogens is 1. The Hall–Kier alpha value is -3.74. The molecule has 38 heavy (non-hydrogen) atoms. The van der Waals surface area contributed by atoms with Gasteiger partial charge in [-0.2, -0.15) is 0 Å². The minimum atomic E-state index is -4.83. The Labute approximate surface area is 220 Å². The van der Waals surface area contributed by atoms with E-state index >= 15 is 0 Å². The van der Waals surface area contributed by atoms with E-state index in [1.165, 1.54) is 41.1 Å². The molecule has 3 aliphatic heterocycles. The van der Waals surface area contributed by atoms with Gasteiger partial charge in [-0.05, 0) is 55.7 Å². The number of aryl methyl sites for hydroxylation is 1. The number of nitrogens with one attached hydrogen (secondary N) is 2. The summed E-state index contributed by atoms with van der Waals surface area (Å²) in [7, 11) is 0. The van der Waals surface area contributed by atoms with Crippen LogP contribution < -0.4 is 20.3 Å². The molecule has 1 aromatic heterocycles. The van der Waals surface area contributed by atoms with Crippen LogP contribution >= 0.6 is 11.8 Å². The normalized spacial score (nSPS) is 22.4. The summed E-state index contributed by atoms with van der Waals surface area (Å²) in [6, 6.07) is 3.98. The number of thioether (sulfide) groups is 1. The minimum Gasteiger partial charge on any atom is -0.406 e. The van der Waals surface area contributed by atoms with Crippen LogP contribution in [-0.4, -0.2) is 58.5 Å². The van der Waals surface area contributed by atoms with Gasteiger partial charge in [0.05, 0.1) is 17.4 Å². The van der Waals surface area contributed by atoms with Crippen LogP contribution in [0.25, 0.3) is 0 Å². The van der Waals surface area contributed by atoms with E-state index in [2.05, 4.69) is 26.9 Å². The zero-order valence-electron chi connectivity index (χ0n) is 20.2. The Morgan fingerprint density at radius 1 is 1.29 bits per heavy atom. The highest BCUT2D eigenvalue weighted by Crippen LogP contribution is 2.51. The molecule has 4 heterocycles. The predicted octanol–water partition coefficient (Wildman–Crippen LogP) is 3.96. The van der Waals surface area contributed by atoms with Crippen LogP contribution in [0.5, 0.6) is 5.75 Å². The van der Waals surface area contributed by atoms with Crippen LogP contribution in [0.4, 0.5) is 29.3 Å². The number of carbonyl (C=O) groups is 3. The Balaban J connectivity index is 1.38. The fraction of sp³-hybridized carbons (Fsp3) is 0.360. The molecule has 200 valence electrons. The van der Waals surface area contributed by atoms with Gasteiger partial charge in [0.15, 0.2) is 0 Å². The zero-order chi connectivity index (χ0) is 27.2. The molecular weight excluding hydrogens is 523 g/mol. The summed E-state index contributed by atoms with van der Waals surface area (Å²) in [4.78, 5) is 46.1. The molecular formula is C25H24F3N5O4S. The molecule has 9 nitrogen and oxygen atoms in total. The number of nitrogens with zero attached hydrogens (tertiary/aromatic N) is 3. The largest absolute Gasteiger partial charge is 0.573 e. The fourth-order valence-electron chi connectivity index (χ4n) is 5.05. The van der Waals surface area contributed by atoms with E-state index < -0.39 is 29.4 Å². The molecule has 0 aliphatic carbocycles. The Morgan fingerprint density at radius 3 is 2.79 bits per heavy atom. The van der Waals surface area contributed by atoms with Crippen LogP contribution in [-0.2, 0) is 9.59 Å². The van der Waals surface area contributed by atoms with Gasteiger partial charge in [0.25, 0.3) is 0 Å². The SMILES string of the molecule is C=CC(=O)N1CCCC(NC(=O)[C@@H]2Sc3nccc4c3C2NC(=O)N4c2ccc(OC(F)(F)F)cc2C)C1. The van der Waals surface area contributed by atoms with Crippen LogP contribution in [0.3, 0.4) is 0 Å². The van der Waals surface area contributed by atoms with Gasteiger partial charge in [-0.25, -0.2) is 9.78 Å². The van der Waals surface area contributed by atoms with Gasteiger partial charge in [-0.3, -0.25) is 14.5 Å². The van der Waals surface area contributed by atoms with Crippen molar-refractivity contribution in [2.45, 2.75) is 48.5 Å². The molecule has 3 atom stereocenters. The number of piperidine rings is 1. The lowest BCUT2D eigenvalue weighted by Gasteiger charge is -2.36. The van der Waals surface area contributed by atoms with Crippen molar-refractivity contribution in [3.05, 3.63) is 54.2 Å². The van der Waals surface area contributed by atoms with Crippen molar-refractivity contribution in [2.24, 2.45) is 0 Å².